The summed E-state index contributed by atoms with van der Waals surface area (Å²) in [5.74, 6) is 0.963. The number of hydrogen-bond acceptors (Lipinski definition) is 6. The van der Waals surface area contributed by atoms with Gasteiger partial charge in [0.15, 0.2) is 6.61 Å². The van der Waals surface area contributed by atoms with Crippen molar-refractivity contribution in [2.75, 3.05) is 27.3 Å². The number of fused-ring (bicyclic) bond motifs is 2. The van der Waals surface area contributed by atoms with E-state index in [1.165, 1.54) is 17.6 Å². The van der Waals surface area contributed by atoms with E-state index in [2.05, 4.69) is 17.7 Å². The summed E-state index contributed by atoms with van der Waals surface area (Å²) < 4.78 is 10.5. The molecule has 0 aliphatic heterocycles. The number of unbranched alkanes of at least 4 members (excludes halogenated alkanes) is 2. The van der Waals surface area contributed by atoms with Gasteiger partial charge < -0.3 is 24.6 Å². The van der Waals surface area contributed by atoms with Crippen LogP contribution in [-0.4, -0.2) is 66.5 Å². The van der Waals surface area contributed by atoms with Crippen molar-refractivity contribution in [3.63, 3.8) is 0 Å². The van der Waals surface area contributed by atoms with Crippen LogP contribution in [0.15, 0.2) is 18.2 Å². The molecule has 1 fully saturated rings. The van der Waals surface area contributed by atoms with Crippen LogP contribution in [0, 0.1) is 17.8 Å². The van der Waals surface area contributed by atoms with E-state index in [1.807, 2.05) is 12.1 Å². The Morgan fingerprint density at radius 2 is 2.00 bits per heavy atom. The number of benzene rings is 1. The number of esters is 1. The number of rotatable bonds is 12. The number of likely N-dealkylation sites (N-methyl/N-ethyl adjacent to an activating group) is 1. The van der Waals surface area contributed by atoms with Gasteiger partial charge in [-0.2, -0.15) is 0 Å². The van der Waals surface area contributed by atoms with Gasteiger partial charge in [-0.05, 0) is 73.5 Å². The molecule has 1 amide bonds. The lowest BCUT2D eigenvalue weighted by atomic mass is 9.73. The molecule has 0 bridgehead atoms. The standard InChI is InChI=1S/C27H41NO6/c1-4-5-6-9-20(29)11-12-21-22-13-18-8-7-10-25(23(18)14-19(22)15-24(21)30)34-17-26(31)28(2)16-27(32)33-3/h7-8,10,19-22,24,29-30H,4-6,9,11-17H2,1-3H3/t19-,20+,21+,22-,24+/m0/s1. The lowest BCUT2D eigenvalue weighted by Crippen LogP contribution is -2.36. The van der Waals surface area contributed by atoms with Crippen molar-refractivity contribution in [3.05, 3.63) is 29.3 Å². The minimum absolute atomic E-state index is 0.109. The van der Waals surface area contributed by atoms with Crippen LogP contribution in [0.25, 0.3) is 0 Å². The normalized spacial score (nSPS) is 24.1. The number of nitrogens with zero attached hydrogens (tertiary/aromatic N) is 1. The molecule has 0 spiro atoms. The number of aliphatic hydroxyl groups excluding tert-OH is 2. The van der Waals surface area contributed by atoms with E-state index in [1.54, 1.807) is 7.05 Å². The number of carbonyl (C=O) groups is 2. The maximum atomic E-state index is 12.4. The Kier molecular flexibility index (Phi) is 9.77. The number of methoxy groups -OCH3 is 1. The van der Waals surface area contributed by atoms with Crippen molar-refractivity contribution in [2.24, 2.45) is 17.8 Å². The van der Waals surface area contributed by atoms with Gasteiger partial charge in [-0.3, -0.25) is 9.59 Å². The van der Waals surface area contributed by atoms with Crippen molar-refractivity contribution in [3.8, 4) is 5.75 Å². The number of ether oxygens (including phenoxy) is 2. The van der Waals surface area contributed by atoms with Crippen LogP contribution in [0.5, 0.6) is 5.75 Å². The minimum atomic E-state index is -0.471. The molecule has 1 aromatic rings. The maximum Gasteiger partial charge on any atom is 0.325 e. The molecule has 5 atom stereocenters. The van der Waals surface area contributed by atoms with Crippen LogP contribution in [0.3, 0.4) is 0 Å². The molecular formula is C27H41NO6. The Hall–Kier alpha value is -2.12. The van der Waals surface area contributed by atoms with Gasteiger partial charge in [-0.15, -0.1) is 0 Å². The smallest absolute Gasteiger partial charge is 0.325 e. The molecule has 0 unspecified atom stereocenters. The number of carbonyl (C=O) groups excluding carboxylic acids is 2. The third-order valence-corrected chi connectivity index (χ3v) is 7.69. The van der Waals surface area contributed by atoms with Gasteiger partial charge >= 0.3 is 5.97 Å². The first kappa shape index (κ1) is 26.5. The van der Waals surface area contributed by atoms with Crippen LogP contribution >= 0.6 is 0 Å². The molecule has 7 heteroatoms. The first-order valence-electron chi connectivity index (χ1n) is 12.7. The van der Waals surface area contributed by atoms with Crippen LogP contribution in [0.4, 0.5) is 0 Å². The predicted molar refractivity (Wildman–Crippen MR) is 129 cm³/mol. The van der Waals surface area contributed by atoms with E-state index in [-0.39, 0.29) is 37.2 Å². The molecule has 3 rings (SSSR count). The quantitative estimate of drug-likeness (QED) is 0.356. The van der Waals surface area contributed by atoms with Crippen LogP contribution in [0.2, 0.25) is 0 Å². The SMILES string of the molecule is CCCCC[C@@H](O)CC[C@@H]1[C@H]2Cc3cccc(OCC(=O)N(C)CC(=O)OC)c3C[C@H]2C[C@H]1O. The molecule has 0 radical (unpaired) electrons. The molecule has 1 aromatic carbocycles. The molecule has 2 N–H and O–H groups in total. The van der Waals surface area contributed by atoms with Crippen LogP contribution < -0.4 is 4.74 Å². The highest BCUT2D eigenvalue weighted by Crippen LogP contribution is 2.48. The highest BCUT2D eigenvalue weighted by molar-refractivity contribution is 5.82. The molecule has 7 nitrogen and oxygen atoms in total. The third kappa shape index (κ3) is 6.72. The van der Waals surface area contributed by atoms with Crippen molar-refractivity contribution in [1.29, 1.82) is 0 Å². The van der Waals surface area contributed by atoms with Crippen molar-refractivity contribution >= 4 is 11.9 Å². The number of amides is 1. The van der Waals surface area contributed by atoms with Crippen molar-refractivity contribution in [1.82, 2.24) is 4.90 Å². The van der Waals surface area contributed by atoms with Gasteiger partial charge in [0.1, 0.15) is 12.3 Å². The summed E-state index contributed by atoms with van der Waals surface area (Å²) >= 11 is 0. The Morgan fingerprint density at radius 3 is 2.74 bits per heavy atom. The molecular weight excluding hydrogens is 434 g/mol. The molecule has 34 heavy (non-hydrogen) atoms. The molecule has 0 saturated heterocycles. The summed E-state index contributed by atoms with van der Waals surface area (Å²) in [5.41, 5.74) is 2.34. The fraction of sp³-hybridized carbons (Fsp3) is 0.704. The summed E-state index contributed by atoms with van der Waals surface area (Å²) in [5, 5.41) is 21.2. The summed E-state index contributed by atoms with van der Waals surface area (Å²) in [4.78, 5) is 25.1. The van der Waals surface area contributed by atoms with Gasteiger partial charge in [-0.1, -0.05) is 38.3 Å². The van der Waals surface area contributed by atoms with E-state index in [9.17, 15) is 19.8 Å². The second-order valence-corrected chi connectivity index (χ2v) is 10.0. The van der Waals surface area contributed by atoms with Crippen molar-refractivity contribution in [2.45, 2.75) is 76.9 Å². The highest BCUT2D eigenvalue weighted by atomic mass is 16.5. The first-order chi connectivity index (χ1) is 16.3. The molecule has 0 aromatic heterocycles. The van der Waals surface area contributed by atoms with E-state index in [0.717, 1.165) is 63.4 Å². The van der Waals surface area contributed by atoms with E-state index in [0.29, 0.717) is 17.6 Å². The fourth-order valence-corrected chi connectivity index (χ4v) is 5.69. The Bertz CT molecular complexity index is 827. The molecule has 0 heterocycles. The molecule has 190 valence electrons. The monoisotopic (exact) mass is 475 g/mol. The van der Waals surface area contributed by atoms with E-state index < -0.39 is 5.97 Å². The zero-order valence-corrected chi connectivity index (χ0v) is 20.9. The first-order valence-corrected chi connectivity index (χ1v) is 12.7. The number of aliphatic hydroxyl groups is 2. The van der Waals surface area contributed by atoms with Gasteiger partial charge in [0.2, 0.25) is 0 Å². The fourth-order valence-electron chi connectivity index (χ4n) is 5.69. The topological polar surface area (TPSA) is 96.3 Å². The van der Waals surface area contributed by atoms with Gasteiger partial charge in [0, 0.05) is 7.05 Å². The molecule has 2 aliphatic rings. The third-order valence-electron chi connectivity index (χ3n) is 7.69. The lowest BCUT2D eigenvalue weighted by molar-refractivity contribution is -0.146. The largest absolute Gasteiger partial charge is 0.483 e. The number of hydrogen-bond donors (Lipinski definition) is 2. The minimum Gasteiger partial charge on any atom is -0.483 e. The Labute approximate surface area is 203 Å². The van der Waals surface area contributed by atoms with Gasteiger partial charge in [0.05, 0.1) is 19.3 Å². The van der Waals surface area contributed by atoms with Crippen molar-refractivity contribution < 1.29 is 29.3 Å². The Balaban J connectivity index is 1.59. The second-order valence-electron chi connectivity index (χ2n) is 10.0. The average Bonchev–Trinajstić information content (AvgIpc) is 3.13. The summed E-state index contributed by atoms with van der Waals surface area (Å²) in [6, 6.07) is 5.96. The molecule has 1 saturated carbocycles. The summed E-state index contributed by atoms with van der Waals surface area (Å²) in [7, 11) is 2.84. The van der Waals surface area contributed by atoms with Crippen LogP contribution in [0.1, 0.15) is 63.0 Å². The Morgan fingerprint density at radius 1 is 1.21 bits per heavy atom. The van der Waals surface area contributed by atoms with Crippen LogP contribution in [-0.2, 0) is 27.2 Å². The average molecular weight is 476 g/mol. The maximum absolute atomic E-state index is 12.4. The summed E-state index contributed by atoms with van der Waals surface area (Å²) in [6.45, 7) is 1.92. The predicted octanol–water partition coefficient (Wildman–Crippen LogP) is 3.13. The zero-order valence-electron chi connectivity index (χ0n) is 20.9. The molecule has 2 aliphatic carbocycles. The lowest BCUT2D eigenvalue weighted by Gasteiger charge is -2.32. The summed E-state index contributed by atoms with van der Waals surface area (Å²) in [6.07, 6.45) is 7.73. The van der Waals surface area contributed by atoms with Gasteiger partial charge in [0.25, 0.3) is 5.91 Å². The van der Waals surface area contributed by atoms with Gasteiger partial charge in [-0.25, -0.2) is 0 Å². The zero-order chi connectivity index (χ0) is 24.7. The highest BCUT2D eigenvalue weighted by Gasteiger charge is 2.44. The second kappa shape index (κ2) is 12.5. The van der Waals surface area contributed by atoms with E-state index in [4.69, 9.17) is 4.74 Å². The van der Waals surface area contributed by atoms with E-state index >= 15 is 0 Å².